The first-order valence-electron chi connectivity index (χ1n) is 5.84. The lowest BCUT2D eigenvalue weighted by atomic mass is 10.1. The van der Waals surface area contributed by atoms with Crippen LogP contribution in [0.3, 0.4) is 0 Å². The van der Waals surface area contributed by atoms with Crippen molar-refractivity contribution >= 4 is 6.09 Å². The number of benzene rings is 1. The summed E-state index contributed by atoms with van der Waals surface area (Å²) < 4.78 is 10.1. The third kappa shape index (κ3) is 3.12. The van der Waals surface area contributed by atoms with Crippen LogP contribution in [0.1, 0.15) is 12.0 Å². The summed E-state index contributed by atoms with van der Waals surface area (Å²) in [5.41, 5.74) is 1.20. The molecule has 0 radical (unpaired) electrons. The summed E-state index contributed by atoms with van der Waals surface area (Å²) in [5, 5.41) is 0. The number of carbonyl (C=O) groups is 1. The summed E-state index contributed by atoms with van der Waals surface area (Å²) in [6.45, 7) is 2.07. The average Bonchev–Trinajstić information content (AvgIpc) is 2.38. The van der Waals surface area contributed by atoms with E-state index in [2.05, 4.69) is 0 Å². The Bertz CT molecular complexity index is 375. The lowest BCUT2D eigenvalue weighted by Crippen LogP contribution is -2.38. The molecule has 2 rings (SSSR count). The molecular formula is C13H17NO3. The molecule has 4 nitrogen and oxygen atoms in total. The van der Waals surface area contributed by atoms with Crippen LogP contribution in [0.15, 0.2) is 24.3 Å². The Morgan fingerprint density at radius 2 is 2.12 bits per heavy atom. The van der Waals surface area contributed by atoms with Gasteiger partial charge < -0.3 is 14.4 Å². The Labute approximate surface area is 101 Å². The lowest BCUT2D eigenvalue weighted by molar-refractivity contribution is 0.0734. The molecule has 1 amide bonds. The zero-order chi connectivity index (χ0) is 12.1. The smallest absolute Gasteiger partial charge is 0.409 e. The number of rotatable bonds is 4. The van der Waals surface area contributed by atoms with Crippen molar-refractivity contribution in [1.29, 1.82) is 0 Å². The first-order valence-corrected chi connectivity index (χ1v) is 5.84. The van der Waals surface area contributed by atoms with Crippen LogP contribution < -0.4 is 4.74 Å². The SMILES string of the molecule is COc1ccc(CCN2CCCOC2=O)cc1. The second-order valence-corrected chi connectivity index (χ2v) is 4.05. The molecule has 0 bridgehead atoms. The van der Waals surface area contributed by atoms with E-state index in [0.717, 1.165) is 25.1 Å². The van der Waals surface area contributed by atoms with Gasteiger partial charge in [-0.1, -0.05) is 12.1 Å². The molecule has 0 spiro atoms. The van der Waals surface area contributed by atoms with Crippen LogP contribution in [0.25, 0.3) is 0 Å². The Balaban J connectivity index is 1.86. The molecule has 1 fully saturated rings. The van der Waals surface area contributed by atoms with Crippen molar-refractivity contribution in [3.63, 3.8) is 0 Å². The van der Waals surface area contributed by atoms with Crippen LogP contribution in [0.5, 0.6) is 5.75 Å². The molecule has 17 heavy (non-hydrogen) atoms. The fourth-order valence-electron chi connectivity index (χ4n) is 1.86. The van der Waals surface area contributed by atoms with E-state index in [1.165, 1.54) is 5.56 Å². The number of nitrogens with zero attached hydrogens (tertiary/aromatic N) is 1. The number of hydrogen-bond acceptors (Lipinski definition) is 3. The van der Waals surface area contributed by atoms with Gasteiger partial charge in [0.2, 0.25) is 0 Å². The van der Waals surface area contributed by atoms with E-state index in [4.69, 9.17) is 9.47 Å². The van der Waals surface area contributed by atoms with E-state index in [-0.39, 0.29) is 6.09 Å². The van der Waals surface area contributed by atoms with E-state index in [0.29, 0.717) is 13.2 Å². The molecule has 0 atom stereocenters. The Morgan fingerprint density at radius 3 is 2.76 bits per heavy atom. The van der Waals surface area contributed by atoms with Gasteiger partial charge in [0.25, 0.3) is 0 Å². The fourth-order valence-corrected chi connectivity index (χ4v) is 1.86. The number of ether oxygens (including phenoxy) is 2. The van der Waals surface area contributed by atoms with Gasteiger partial charge in [-0.05, 0) is 30.5 Å². The van der Waals surface area contributed by atoms with Crippen LogP contribution in [-0.4, -0.2) is 37.8 Å². The molecule has 0 aromatic heterocycles. The number of cyclic esters (lactones) is 1. The molecule has 1 aliphatic rings. The zero-order valence-corrected chi connectivity index (χ0v) is 10.0. The standard InChI is InChI=1S/C13H17NO3/c1-16-12-5-3-11(4-6-12)7-9-14-8-2-10-17-13(14)15/h3-6H,2,7-10H2,1H3. The van der Waals surface area contributed by atoms with E-state index in [1.54, 1.807) is 12.0 Å². The molecule has 0 N–H and O–H groups in total. The normalized spacial score (nSPS) is 15.6. The summed E-state index contributed by atoms with van der Waals surface area (Å²) in [6, 6.07) is 7.91. The van der Waals surface area contributed by atoms with Gasteiger partial charge in [0.05, 0.1) is 13.7 Å². The van der Waals surface area contributed by atoms with Gasteiger partial charge in [-0.25, -0.2) is 4.79 Å². The number of carbonyl (C=O) groups excluding carboxylic acids is 1. The quantitative estimate of drug-likeness (QED) is 0.802. The van der Waals surface area contributed by atoms with Crippen molar-refractivity contribution in [3.8, 4) is 5.75 Å². The lowest BCUT2D eigenvalue weighted by Gasteiger charge is -2.26. The summed E-state index contributed by atoms with van der Waals surface area (Å²) >= 11 is 0. The molecule has 1 heterocycles. The van der Waals surface area contributed by atoms with Gasteiger partial charge in [-0.3, -0.25) is 0 Å². The predicted octanol–water partition coefficient (Wildman–Crippen LogP) is 2.08. The maximum Gasteiger partial charge on any atom is 0.409 e. The van der Waals surface area contributed by atoms with Gasteiger partial charge in [0.15, 0.2) is 0 Å². The van der Waals surface area contributed by atoms with Crippen molar-refractivity contribution in [3.05, 3.63) is 29.8 Å². The number of amides is 1. The maximum absolute atomic E-state index is 11.4. The third-order valence-corrected chi connectivity index (χ3v) is 2.89. The second-order valence-electron chi connectivity index (χ2n) is 4.05. The minimum Gasteiger partial charge on any atom is -0.497 e. The summed E-state index contributed by atoms with van der Waals surface area (Å²) in [7, 11) is 1.65. The fraction of sp³-hybridized carbons (Fsp3) is 0.462. The molecule has 4 heteroatoms. The molecule has 1 aliphatic heterocycles. The minimum atomic E-state index is -0.190. The van der Waals surface area contributed by atoms with E-state index >= 15 is 0 Å². The molecule has 0 unspecified atom stereocenters. The first kappa shape index (κ1) is 11.8. The maximum atomic E-state index is 11.4. The first-order chi connectivity index (χ1) is 8.29. The molecule has 0 saturated carbocycles. The third-order valence-electron chi connectivity index (χ3n) is 2.89. The van der Waals surface area contributed by atoms with Crippen molar-refractivity contribution < 1.29 is 14.3 Å². The van der Waals surface area contributed by atoms with Gasteiger partial charge in [-0.15, -0.1) is 0 Å². The predicted molar refractivity (Wildman–Crippen MR) is 64.2 cm³/mol. The van der Waals surface area contributed by atoms with Crippen molar-refractivity contribution in [2.45, 2.75) is 12.8 Å². The summed E-state index contributed by atoms with van der Waals surface area (Å²) in [5.74, 6) is 0.853. The van der Waals surface area contributed by atoms with Crippen molar-refractivity contribution in [2.75, 3.05) is 26.8 Å². The highest BCUT2D eigenvalue weighted by atomic mass is 16.6. The minimum absolute atomic E-state index is 0.190. The van der Waals surface area contributed by atoms with E-state index in [1.807, 2.05) is 24.3 Å². The average molecular weight is 235 g/mol. The monoisotopic (exact) mass is 235 g/mol. The van der Waals surface area contributed by atoms with Crippen LogP contribution in [-0.2, 0) is 11.2 Å². The molecular weight excluding hydrogens is 218 g/mol. The van der Waals surface area contributed by atoms with Crippen molar-refractivity contribution in [1.82, 2.24) is 4.90 Å². The van der Waals surface area contributed by atoms with E-state index < -0.39 is 0 Å². The highest BCUT2D eigenvalue weighted by molar-refractivity contribution is 5.68. The second kappa shape index (κ2) is 5.57. The summed E-state index contributed by atoms with van der Waals surface area (Å²) in [4.78, 5) is 13.2. The molecule has 1 aromatic carbocycles. The largest absolute Gasteiger partial charge is 0.497 e. The van der Waals surface area contributed by atoms with E-state index in [9.17, 15) is 4.79 Å². The van der Waals surface area contributed by atoms with Gasteiger partial charge in [0.1, 0.15) is 5.75 Å². The number of methoxy groups -OCH3 is 1. The van der Waals surface area contributed by atoms with Crippen LogP contribution in [0.2, 0.25) is 0 Å². The topological polar surface area (TPSA) is 38.8 Å². The summed E-state index contributed by atoms with van der Waals surface area (Å²) in [6.07, 6.45) is 1.58. The highest BCUT2D eigenvalue weighted by Gasteiger charge is 2.18. The Hall–Kier alpha value is -1.71. The van der Waals surface area contributed by atoms with Crippen LogP contribution in [0, 0.1) is 0 Å². The molecule has 1 aromatic rings. The molecule has 0 aliphatic carbocycles. The van der Waals surface area contributed by atoms with Gasteiger partial charge in [-0.2, -0.15) is 0 Å². The highest BCUT2D eigenvalue weighted by Crippen LogP contribution is 2.13. The number of hydrogen-bond donors (Lipinski definition) is 0. The van der Waals surface area contributed by atoms with Crippen LogP contribution >= 0.6 is 0 Å². The van der Waals surface area contributed by atoms with Crippen molar-refractivity contribution in [2.24, 2.45) is 0 Å². The van der Waals surface area contributed by atoms with Crippen LogP contribution in [0.4, 0.5) is 4.79 Å². The molecule has 1 saturated heterocycles. The molecule has 92 valence electrons. The van der Waals surface area contributed by atoms with Gasteiger partial charge >= 0.3 is 6.09 Å². The Morgan fingerprint density at radius 1 is 1.35 bits per heavy atom. The zero-order valence-electron chi connectivity index (χ0n) is 10.0. The Kier molecular flexibility index (Phi) is 3.85. The van der Waals surface area contributed by atoms with Gasteiger partial charge in [0, 0.05) is 13.1 Å².